The molecule has 0 unspecified atom stereocenters. The molecule has 4 heterocycles. The zero-order valence-electron chi connectivity index (χ0n) is 28.7. The number of aromatic nitrogens is 2. The largest absolute Gasteiger partial charge is 0.456 e. The van der Waals surface area contributed by atoms with E-state index in [9.17, 15) is 5.26 Å². The smallest absolute Gasteiger partial charge is 0.135 e. The van der Waals surface area contributed by atoms with Gasteiger partial charge in [-0.2, -0.15) is 5.26 Å². The van der Waals surface area contributed by atoms with Gasteiger partial charge in [0.05, 0.1) is 33.7 Å². The summed E-state index contributed by atoms with van der Waals surface area (Å²) in [5.41, 5.74) is 12.9. The topological polar surface area (TPSA) is 59.9 Å². The standard InChI is InChI=1S/C49H27N3O2/c50-28-29-13-18-45-37(23-29)36-9-3-6-12-44(36)52(45)33-17-22-49-41(27-33)39-25-31(15-20-47(39)54-49)30-14-19-46-38(24-30)40-26-32(16-21-48(40)53-46)51-42-10-4-1-7-34(42)35-8-2-5-11-43(35)51/h1-27H. The van der Waals surface area contributed by atoms with E-state index in [0.29, 0.717) is 5.56 Å². The third-order valence-corrected chi connectivity index (χ3v) is 11.1. The number of benzene rings is 8. The second-order valence-electron chi connectivity index (χ2n) is 14.1. The van der Waals surface area contributed by atoms with Crippen LogP contribution in [0.3, 0.4) is 0 Å². The zero-order valence-corrected chi connectivity index (χ0v) is 28.7. The quantitative estimate of drug-likeness (QED) is 0.185. The Bertz CT molecular complexity index is 3530. The lowest BCUT2D eigenvalue weighted by molar-refractivity contribution is 0.668. The van der Waals surface area contributed by atoms with Crippen molar-refractivity contribution in [2.75, 3.05) is 0 Å². The maximum absolute atomic E-state index is 9.62. The Labute approximate surface area is 307 Å². The fourth-order valence-electron chi connectivity index (χ4n) is 8.69. The molecule has 12 aromatic rings. The Kier molecular flexibility index (Phi) is 5.78. The third kappa shape index (κ3) is 4.02. The van der Waals surface area contributed by atoms with Gasteiger partial charge in [-0.3, -0.25) is 0 Å². The van der Waals surface area contributed by atoms with E-state index in [1.165, 1.54) is 21.8 Å². The van der Waals surface area contributed by atoms with E-state index in [2.05, 4.69) is 155 Å². The van der Waals surface area contributed by atoms with Gasteiger partial charge in [0.25, 0.3) is 0 Å². The van der Waals surface area contributed by atoms with E-state index < -0.39 is 0 Å². The van der Waals surface area contributed by atoms with E-state index in [-0.39, 0.29) is 0 Å². The van der Waals surface area contributed by atoms with Crippen molar-refractivity contribution in [3.63, 3.8) is 0 Å². The molecule has 0 spiro atoms. The summed E-state index contributed by atoms with van der Waals surface area (Å²) in [4.78, 5) is 0. The van der Waals surface area contributed by atoms with Crippen LogP contribution in [-0.4, -0.2) is 9.13 Å². The van der Waals surface area contributed by atoms with Crippen molar-refractivity contribution in [1.82, 2.24) is 9.13 Å². The molecule has 0 saturated heterocycles. The van der Waals surface area contributed by atoms with E-state index in [4.69, 9.17) is 8.83 Å². The molecule has 4 aromatic heterocycles. The van der Waals surface area contributed by atoms with Gasteiger partial charge in [0.1, 0.15) is 22.3 Å². The molecule has 8 aromatic carbocycles. The van der Waals surface area contributed by atoms with Crippen molar-refractivity contribution in [3.05, 3.63) is 169 Å². The predicted molar refractivity (Wildman–Crippen MR) is 220 cm³/mol. The van der Waals surface area contributed by atoms with Crippen molar-refractivity contribution in [1.29, 1.82) is 5.26 Å². The van der Waals surface area contributed by atoms with Crippen LogP contribution >= 0.6 is 0 Å². The number of furan rings is 2. The highest BCUT2D eigenvalue weighted by molar-refractivity contribution is 6.13. The Morgan fingerprint density at radius 1 is 0.352 bits per heavy atom. The molecule has 0 atom stereocenters. The van der Waals surface area contributed by atoms with Gasteiger partial charge in [0, 0.05) is 54.5 Å². The molecular formula is C49H27N3O2. The van der Waals surface area contributed by atoms with Crippen molar-refractivity contribution < 1.29 is 8.83 Å². The molecule has 0 bridgehead atoms. The van der Waals surface area contributed by atoms with Gasteiger partial charge in [-0.15, -0.1) is 0 Å². The van der Waals surface area contributed by atoms with Gasteiger partial charge in [0.2, 0.25) is 0 Å². The van der Waals surface area contributed by atoms with Crippen molar-refractivity contribution in [2.24, 2.45) is 0 Å². The number of hydrogen-bond donors (Lipinski definition) is 0. The first-order valence-electron chi connectivity index (χ1n) is 18.1. The van der Waals surface area contributed by atoms with Crippen LogP contribution in [0.25, 0.3) is 110 Å². The summed E-state index contributed by atoms with van der Waals surface area (Å²) < 4.78 is 17.4. The van der Waals surface area contributed by atoms with Crippen molar-refractivity contribution in [2.45, 2.75) is 0 Å². The maximum Gasteiger partial charge on any atom is 0.135 e. The maximum atomic E-state index is 9.62. The molecule has 0 saturated carbocycles. The van der Waals surface area contributed by atoms with E-state index in [1.54, 1.807) is 0 Å². The average Bonchev–Trinajstić information content (AvgIpc) is 3.97. The van der Waals surface area contributed by atoms with E-state index in [1.807, 2.05) is 24.3 Å². The number of hydrogen-bond acceptors (Lipinski definition) is 3. The van der Waals surface area contributed by atoms with Gasteiger partial charge in [-0.25, -0.2) is 0 Å². The summed E-state index contributed by atoms with van der Waals surface area (Å²) in [5.74, 6) is 0. The molecule has 250 valence electrons. The number of nitrogens with zero attached hydrogens (tertiary/aromatic N) is 3. The lowest BCUT2D eigenvalue weighted by Gasteiger charge is -2.08. The minimum atomic E-state index is 0.652. The second kappa shape index (κ2) is 10.7. The zero-order chi connectivity index (χ0) is 35.5. The molecule has 0 aliphatic carbocycles. The van der Waals surface area contributed by atoms with Gasteiger partial charge >= 0.3 is 0 Å². The first kappa shape index (κ1) is 29.1. The molecule has 0 amide bonds. The highest BCUT2D eigenvalue weighted by Gasteiger charge is 2.17. The minimum Gasteiger partial charge on any atom is -0.456 e. The monoisotopic (exact) mass is 689 g/mol. The van der Waals surface area contributed by atoms with Gasteiger partial charge in [-0.1, -0.05) is 66.7 Å². The highest BCUT2D eigenvalue weighted by Crippen LogP contribution is 2.40. The normalized spacial score (nSPS) is 12.1. The molecule has 0 N–H and O–H groups in total. The van der Waals surface area contributed by atoms with Gasteiger partial charge in [0.15, 0.2) is 0 Å². The van der Waals surface area contributed by atoms with Gasteiger partial charge in [-0.05, 0) is 108 Å². The Hall–Kier alpha value is -7.55. The van der Waals surface area contributed by atoms with E-state index >= 15 is 0 Å². The lowest BCUT2D eigenvalue weighted by atomic mass is 10.0. The number of nitriles is 1. The Balaban J connectivity index is 1.01. The van der Waals surface area contributed by atoms with Crippen LogP contribution in [0.4, 0.5) is 0 Å². The lowest BCUT2D eigenvalue weighted by Crippen LogP contribution is -1.93. The number of para-hydroxylation sites is 3. The molecule has 0 fully saturated rings. The highest BCUT2D eigenvalue weighted by atomic mass is 16.3. The van der Waals surface area contributed by atoms with Crippen LogP contribution in [0, 0.1) is 11.3 Å². The fourth-order valence-corrected chi connectivity index (χ4v) is 8.69. The predicted octanol–water partition coefficient (Wildman–Crippen LogP) is 13.2. The minimum absolute atomic E-state index is 0.652. The molecule has 0 aliphatic heterocycles. The van der Waals surface area contributed by atoms with Crippen LogP contribution in [0.15, 0.2) is 173 Å². The second-order valence-corrected chi connectivity index (χ2v) is 14.1. The molecule has 54 heavy (non-hydrogen) atoms. The molecule has 0 aliphatic rings. The van der Waals surface area contributed by atoms with Crippen LogP contribution in [-0.2, 0) is 0 Å². The number of rotatable bonds is 3. The Morgan fingerprint density at radius 3 is 1.24 bits per heavy atom. The van der Waals surface area contributed by atoms with Crippen molar-refractivity contribution in [3.8, 4) is 28.6 Å². The fraction of sp³-hybridized carbons (Fsp3) is 0. The van der Waals surface area contributed by atoms with Crippen molar-refractivity contribution >= 4 is 87.5 Å². The SMILES string of the molecule is N#Cc1ccc2c(c1)c1ccccc1n2-c1ccc2oc3ccc(-c4ccc5oc6ccc(-n7c8ccccc8c8ccccc87)cc6c5c4)cc3c2c1. The van der Waals surface area contributed by atoms with Crippen LogP contribution < -0.4 is 0 Å². The molecule has 12 rings (SSSR count). The van der Waals surface area contributed by atoms with Crippen LogP contribution in [0.2, 0.25) is 0 Å². The van der Waals surface area contributed by atoms with Crippen LogP contribution in [0.1, 0.15) is 5.56 Å². The van der Waals surface area contributed by atoms with E-state index in [0.717, 1.165) is 88.2 Å². The first-order valence-corrected chi connectivity index (χ1v) is 18.1. The average molecular weight is 690 g/mol. The molecule has 5 nitrogen and oxygen atoms in total. The molecule has 0 radical (unpaired) electrons. The van der Waals surface area contributed by atoms with Gasteiger partial charge < -0.3 is 18.0 Å². The summed E-state index contributed by atoms with van der Waals surface area (Å²) in [6.07, 6.45) is 0. The third-order valence-electron chi connectivity index (χ3n) is 11.1. The molecular weight excluding hydrogens is 663 g/mol. The summed E-state index contributed by atoms with van der Waals surface area (Å²) in [5, 5.41) is 18.6. The first-order chi connectivity index (χ1) is 26.7. The number of fused-ring (bicyclic) bond motifs is 12. The Morgan fingerprint density at radius 2 is 0.759 bits per heavy atom. The summed E-state index contributed by atoms with van der Waals surface area (Å²) in [6, 6.07) is 59.6. The van der Waals surface area contributed by atoms with Crippen LogP contribution in [0.5, 0.6) is 0 Å². The summed E-state index contributed by atoms with van der Waals surface area (Å²) >= 11 is 0. The summed E-state index contributed by atoms with van der Waals surface area (Å²) in [6.45, 7) is 0. The molecule has 5 heteroatoms. The summed E-state index contributed by atoms with van der Waals surface area (Å²) in [7, 11) is 0.